The molecule has 0 spiro atoms. The first-order valence-electron chi connectivity index (χ1n) is 9.67. The van der Waals surface area contributed by atoms with Gasteiger partial charge in [-0.25, -0.2) is 4.98 Å². The lowest BCUT2D eigenvalue weighted by molar-refractivity contribution is 0.121. The van der Waals surface area contributed by atoms with Crippen molar-refractivity contribution in [3.8, 4) is 5.88 Å². The fourth-order valence-corrected chi connectivity index (χ4v) is 3.92. The Morgan fingerprint density at radius 1 is 1.08 bits per heavy atom. The molecule has 0 amide bonds. The Morgan fingerprint density at radius 3 is 2.62 bits per heavy atom. The van der Waals surface area contributed by atoms with Crippen LogP contribution >= 0.6 is 0 Å². The minimum atomic E-state index is -0.156. The van der Waals surface area contributed by atoms with Crippen molar-refractivity contribution in [2.75, 3.05) is 6.61 Å². The summed E-state index contributed by atoms with van der Waals surface area (Å²) in [6.45, 7) is 4.64. The lowest BCUT2D eigenvalue weighted by atomic mass is 9.83. The lowest BCUT2D eigenvalue weighted by Crippen LogP contribution is -2.18. The zero-order valence-corrected chi connectivity index (χ0v) is 15.6. The van der Waals surface area contributed by atoms with Gasteiger partial charge in [-0.1, -0.05) is 6.07 Å². The van der Waals surface area contributed by atoms with Gasteiger partial charge in [0, 0.05) is 35.5 Å². The quantitative estimate of drug-likeness (QED) is 0.888. The highest BCUT2D eigenvalue weighted by atomic mass is 16.5. The average molecular weight is 353 g/mol. The molecule has 0 aromatic carbocycles. The fraction of sp³-hybridized carbons (Fsp3) is 0.571. The van der Waals surface area contributed by atoms with Crippen LogP contribution in [0.25, 0.3) is 0 Å². The number of aryl methyl sites for hydroxylation is 2. The van der Waals surface area contributed by atoms with Crippen LogP contribution in [0, 0.1) is 19.8 Å². The third-order valence-corrected chi connectivity index (χ3v) is 5.71. The number of pyridine rings is 1. The lowest BCUT2D eigenvalue weighted by Gasteiger charge is -2.26. The van der Waals surface area contributed by atoms with Gasteiger partial charge in [0.1, 0.15) is 5.82 Å². The Labute approximate surface area is 154 Å². The van der Waals surface area contributed by atoms with Crippen LogP contribution in [0.4, 0.5) is 0 Å². The third kappa shape index (κ3) is 3.88. The predicted molar refractivity (Wildman–Crippen MR) is 99.3 cm³/mol. The summed E-state index contributed by atoms with van der Waals surface area (Å²) in [5.74, 6) is 2.89. The van der Waals surface area contributed by atoms with E-state index in [2.05, 4.69) is 34.0 Å². The van der Waals surface area contributed by atoms with E-state index in [1.165, 1.54) is 11.3 Å². The molecule has 5 nitrogen and oxygen atoms in total. The molecule has 2 aromatic heterocycles. The first-order valence-corrected chi connectivity index (χ1v) is 9.67. The molecular weight excluding hydrogens is 326 g/mol. The third-order valence-electron chi connectivity index (χ3n) is 5.71. The van der Waals surface area contributed by atoms with Crippen LogP contribution in [0.2, 0.25) is 0 Å². The second kappa shape index (κ2) is 7.31. The number of aliphatic hydroxyl groups excluding tert-OH is 1. The maximum absolute atomic E-state index is 9.76. The molecule has 2 fully saturated rings. The molecule has 2 aromatic rings. The van der Waals surface area contributed by atoms with Gasteiger partial charge in [0.05, 0.1) is 12.7 Å². The number of aromatic nitrogens is 3. The molecule has 2 aliphatic rings. The summed E-state index contributed by atoms with van der Waals surface area (Å²) in [6, 6.07) is 4.26. The van der Waals surface area contributed by atoms with E-state index in [4.69, 9.17) is 4.74 Å². The van der Waals surface area contributed by atoms with Gasteiger partial charge in [-0.05, 0) is 63.5 Å². The first-order chi connectivity index (χ1) is 12.6. The van der Waals surface area contributed by atoms with Crippen molar-refractivity contribution in [1.29, 1.82) is 0 Å². The highest BCUT2D eigenvalue weighted by molar-refractivity contribution is 5.29. The highest BCUT2D eigenvalue weighted by Gasteiger charge is 2.40. The molecular formula is C21H27N3O2. The SMILES string of the molecule is Cc1ccc([C@H]2C[C@@H]2COc2nc(C)ncc2C2CCC(O)CC2)nc1. The molecule has 26 heavy (non-hydrogen) atoms. The normalized spacial score (nSPS) is 28.0. The van der Waals surface area contributed by atoms with Crippen molar-refractivity contribution in [3.05, 3.63) is 47.2 Å². The molecule has 4 rings (SSSR count). The molecule has 5 heteroatoms. The molecule has 2 atom stereocenters. The number of hydrogen-bond acceptors (Lipinski definition) is 5. The molecule has 0 unspecified atom stereocenters. The van der Waals surface area contributed by atoms with Gasteiger partial charge in [0.25, 0.3) is 0 Å². The van der Waals surface area contributed by atoms with Gasteiger partial charge in [0.15, 0.2) is 0 Å². The number of aliphatic hydroxyl groups is 1. The van der Waals surface area contributed by atoms with Crippen LogP contribution in [0.15, 0.2) is 24.5 Å². The Morgan fingerprint density at radius 2 is 1.88 bits per heavy atom. The van der Waals surface area contributed by atoms with Gasteiger partial charge in [0.2, 0.25) is 5.88 Å². The van der Waals surface area contributed by atoms with E-state index < -0.39 is 0 Å². The average Bonchev–Trinajstić information content (AvgIpc) is 3.41. The van der Waals surface area contributed by atoms with Crippen LogP contribution in [0.3, 0.4) is 0 Å². The second-order valence-corrected chi connectivity index (χ2v) is 7.86. The van der Waals surface area contributed by atoms with E-state index in [0.29, 0.717) is 24.4 Å². The van der Waals surface area contributed by atoms with Crippen LogP contribution < -0.4 is 4.74 Å². The topological polar surface area (TPSA) is 68.1 Å². The number of ether oxygens (including phenoxy) is 1. The van der Waals surface area contributed by atoms with E-state index >= 15 is 0 Å². The van der Waals surface area contributed by atoms with Crippen LogP contribution in [-0.4, -0.2) is 32.8 Å². The summed E-state index contributed by atoms with van der Waals surface area (Å²) in [5.41, 5.74) is 3.47. The van der Waals surface area contributed by atoms with E-state index in [1.807, 2.05) is 19.3 Å². The van der Waals surface area contributed by atoms with Gasteiger partial charge in [-0.3, -0.25) is 4.98 Å². The standard InChI is InChI=1S/C21H27N3O2/c1-13-3-8-20(23-10-13)18-9-16(18)12-26-21-19(11-22-14(2)24-21)15-4-6-17(25)7-5-15/h3,8,10-11,15-18,25H,4-7,9,12H2,1-2H3/t15?,16-,17?,18+/m1/s1. The molecule has 1 N–H and O–H groups in total. The van der Waals surface area contributed by atoms with Gasteiger partial charge < -0.3 is 9.84 Å². The fourth-order valence-electron chi connectivity index (χ4n) is 3.92. The van der Waals surface area contributed by atoms with Gasteiger partial charge in [-0.2, -0.15) is 4.98 Å². The van der Waals surface area contributed by atoms with Crippen LogP contribution in [0.1, 0.15) is 66.6 Å². The molecule has 0 radical (unpaired) electrons. The van der Waals surface area contributed by atoms with E-state index in [1.54, 1.807) is 0 Å². The highest BCUT2D eigenvalue weighted by Crippen LogP contribution is 2.47. The smallest absolute Gasteiger partial charge is 0.220 e. The number of nitrogens with zero attached hydrogens (tertiary/aromatic N) is 3. The maximum Gasteiger partial charge on any atom is 0.220 e. The second-order valence-electron chi connectivity index (χ2n) is 7.86. The summed E-state index contributed by atoms with van der Waals surface area (Å²) >= 11 is 0. The van der Waals surface area contributed by atoms with Crippen molar-refractivity contribution < 1.29 is 9.84 Å². The summed E-state index contributed by atoms with van der Waals surface area (Å²) in [7, 11) is 0. The van der Waals surface area contributed by atoms with Crippen molar-refractivity contribution in [1.82, 2.24) is 15.0 Å². The van der Waals surface area contributed by atoms with E-state index in [0.717, 1.165) is 49.4 Å². The summed E-state index contributed by atoms with van der Waals surface area (Å²) in [5, 5.41) is 9.76. The van der Waals surface area contributed by atoms with Crippen LogP contribution in [-0.2, 0) is 0 Å². The van der Waals surface area contributed by atoms with Crippen molar-refractivity contribution in [3.63, 3.8) is 0 Å². The Bertz CT molecular complexity index is 754. The zero-order valence-electron chi connectivity index (χ0n) is 15.6. The van der Waals surface area contributed by atoms with Crippen molar-refractivity contribution in [2.45, 2.75) is 63.9 Å². The minimum absolute atomic E-state index is 0.156. The predicted octanol–water partition coefficient (Wildman–Crippen LogP) is 3.69. The number of hydrogen-bond donors (Lipinski definition) is 1. The molecule has 0 bridgehead atoms. The molecule has 0 saturated heterocycles. The molecule has 2 heterocycles. The monoisotopic (exact) mass is 353 g/mol. The minimum Gasteiger partial charge on any atom is -0.477 e. The van der Waals surface area contributed by atoms with E-state index in [9.17, 15) is 5.11 Å². The van der Waals surface area contributed by atoms with Gasteiger partial charge >= 0.3 is 0 Å². The van der Waals surface area contributed by atoms with Crippen molar-refractivity contribution >= 4 is 0 Å². The Kier molecular flexibility index (Phi) is 4.90. The summed E-state index contributed by atoms with van der Waals surface area (Å²) in [4.78, 5) is 13.5. The largest absolute Gasteiger partial charge is 0.477 e. The Balaban J connectivity index is 1.40. The molecule has 2 aliphatic carbocycles. The zero-order chi connectivity index (χ0) is 18.1. The van der Waals surface area contributed by atoms with Crippen LogP contribution in [0.5, 0.6) is 5.88 Å². The van der Waals surface area contributed by atoms with Gasteiger partial charge in [-0.15, -0.1) is 0 Å². The molecule has 2 saturated carbocycles. The molecule has 138 valence electrons. The Hall–Kier alpha value is -2.01. The maximum atomic E-state index is 9.76. The van der Waals surface area contributed by atoms with E-state index in [-0.39, 0.29) is 6.10 Å². The summed E-state index contributed by atoms with van der Waals surface area (Å²) < 4.78 is 6.16. The summed E-state index contributed by atoms with van der Waals surface area (Å²) in [6.07, 6.45) is 8.48. The van der Waals surface area contributed by atoms with Crippen molar-refractivity contribution in [2.24, 2.45) is 5.92 Å². The first kappa shape index (κ1) is 17.4. The molecule has 0 aliphatic heterocycles. The number of rotatable bonds is 5.